The quantitative estimate of drug-likeness (QED) is 0.488. The second-order valence-corrected chi connectivity index (χ2v) is 10.5. The molecule has 1 saturated carbocycles. The van der Waals surface area contributed by atoms with Gasteiger partial charge in [0.25, 0.3) is 5.78 Å². The van der Waals surface area contributed by atoms with E-state index >= 15 is 0 Å². The molecule has 190 valence electrons. The molecule has 0 unspecified atom stereocenters. The third-order valence-corrected chi connectivity index (χ3v) is 8.16. The Hall–Kier alpha value is -3.04. The van der Waals surface area contributed by atoms with Gasteiger partial charge in [-0.05, 0) is 57.2 Å². The van der Waals surface area contributed by atoms with Gasteiger partial charge in [-0.25, -0.2) is 4.98 Å². The minimum Gasteiger partial charge on any atom is -0.485 e. The van der Waals surface area contributed by atoms with Gasteiger partial charge in [-0.2, -0.15) is 9.50 Å². The molecule has 0 bridgehead atoms. The van der Waals surface area contributed by atoms with Crippen LogP contribution in [0.1, 0.15) is 48.0 Å². The molecular formula is C27H34N6O3. The largest absolute Gasteiger partial charge is 0.485 e. The number of aldehydes is 1. The fourth-order valence-corrected chi connectivity index (χ4v) is 6.08. The van der Waals surface area contributed by atoms with Crippen LogP contribution in [-0.2, 0) is 9.53 Å². The van der Waals surface area contributed by atoms with Gasteiger partial charge >= 0.3 is 0 Å². The SMILES string of the molecule is Cc1nc2nc(C)c(O[C@@H]3CCN(c4ccc(C5CC(C=O)(N6CCOCC6)C5)cc4)C3)c(C)n2n1. The molecule has 1 aliphatic carbocycles. The van der Waals surface area contributed by atoms with Gasteiger partial charge in [-0.15, -0.1) is 5.10 Å². The normalized spacial score (nSPS) is 26.8. The monoisotopic (exact) mass is 490 g/mol. The Morgan fingerprint density at radius 3 is 2.53 bits per heavy atom. The van der Waals surface area contributed by atoms with Crippen molar-refractivity contribution < 1.29 is 14.3 Å². The van der Waals surface area contributed by atoms with Crippen LogP contribution in [0.5, 0.6) is 5.75 Å². The lowest BCUT2D eigenvalue weighted by Gasteiger charge is -2.52. The van der Waals surface area contributed by atoms with Gasteiger partial charge in [0.1, 0.15) is 18.2 Å². The van der Waals surface area contributed by atoms with E-state index < -0.39 is 0 Å². The number of benzene rings is 1. The molecule has 3 aliphatic rings. The van der Waals surface area contributed by atoms with Gasteiger partial charge in [0.05, 0.1) is 36.7 Å². The van der Waals surface area contributed by atoms with Crippen molar-refractivity contribution in [3.8, 4) is 5.75 Å². The van der Waals surface area contributed by atoms with Crippen LogP contribution in [-0.4, -0.2) is 81.8 Å². The van der Waals surface area contributed by atoms with Crippen molar-refractivity contribution >= 4 is 17.8 Å². The molecule has 1 aromatic carbocycles. The first kappa shape index (κ1) is 23.4. The number of morpholine rings is 1. The summed E-state index contributed by atoms with van der Waals surface area (Å²) >= 11 is 0. The van der Waals surface area contributed by atoms with E-state index in [2.05, 4.69) is 49.1 Å². The number of nitrogens with zero attached hydrogens (tertiary/aromatic N) is 6. The molecule has 3 aromatic rings. The zero-order chi connectivity index (χ0) is 24.9. The number of aromatic nitrogens is 4. The van der Waals surface area contributed by atoms with Crippen LogP contribution in [0, 0.1) is 20.8 Å². The number of aryl methyl sites for hydroxylation is 3. The van der Waals surface area contributed by atoms with Crippen LogP contribution >= 0.6 is 0 Å². The number of anilines is 1. The van der Waals surface area contributed by atoms with Crippen molar-refractivity contribution in [3.05, 3.63) is 47.0 Å². The van der Waals surface area contributed by atoms with Gasteiger partial charge in [-0.3, -0.25) is 4.90 Å². The average Bonchev–Trinajstić information content (AvgIpc) is 3.49. The van der Waals surface area contributed by atoms with E-state index in [1.54, 1.807) is 4.52 Å². The molecule has 6 rings (SSSR count). The summed E-state index contributed by atoms with van der Waals surface area (Å²) < 4.78 is 13.7. The number of hydrogen-bond acceptors (Lipinski definition) is 8. The summed E-state index contributed by atoms with van der Waals surface area (Å²) in [6, 6.07) is 8.91. The van der Waals surface area contributed by atoms with Crippen molar-refractivity contribution in [1.29, 1.82) is 0 Å². The number of fused-ring (bicyclic) bond motifs is 1. The molecule has 2 aliphatic heterocycles. The fraction of sp³-hybridized carbons (Fsp3) is 0.556. The fourth-order valence-electron chi connectivity index (χ4n) is 6.08. The Balaban J connectivity index is 1.09. The molecule has 9 nitrogen and oxygen atoms in total. The van der Waals surface area contributed by atoms with E-state index in [1.165, 1.54) is 17.5 Å². The van der Waals surface area contributed by atoms with Crippen molar-refractivity contribution in [2.24, 2.45) is 0 Å². The first-order valence-corrected chi connectivity index (χ1v) is 13.0. The lowest BCUT2D eigenvalue weighted by molar-refractivity contribution is -0.131. The molecule has 1 atom stereocenters. The molecule has 36 heavy (non-hydrogen) atoms. The highest BCUT2D eigenvalue weighted by Gasteiger charge is 2.49. The van der Waals surface area contributed by atoms with Crippen LogP contribution in [0.25, 0.3) is 5.78 Å². The summed E-state index contributed by atoms with van der Waals surface area (Å²) in [5, 5.41) is 4.45. The Labute approximate surface area is 211 Å². The molecular weight excluding hydrogens is 456 g/mol. The van der Waals surface area contributed by atoms with Crippen LogP contribution in [0.4, 0.5) is 5.69 Å². The Kier molecular flexibility index (Phi) is 5.92. The maximum atomic E-state index is 12.0. The van der Waals surface area contributed by atoms with Gasteiger partial charge < -0.3 is 19.2 Å². The van der Waals surface area contributed by atoms with Crippen LogP contribution in [0.15, 0.2) is 24.3 Å². The second-order valence-electron chi connectivity index (χ2n) is 10.5. The summed E-state index contributed by atoms with van der Waals surface area (Å²) in [5.74, 6) is 2.57. The summed E-state index contributed by atoms with van der Waals surface area (Å²) in [5.41, 5.74) is 4.02. The van der Waals surface area contributed by atoms with Gasteiger partial charge in [-0.1, -0.05) is 12.1 Å². The van der Waals surface area contributed by atoms with E-state index in [-0.39, 0.29) is 11.6 Å². The Morgan fingerprint density at radius 2 is 1.81 bits per heavy atom. The smallest absolute Gasteiger partial charge is 0.253 e. The van der Waals surface area contributed by atoms with E-state index in [1.807, 2.05) is 20.8 Å². The number of ether oxygens (including phenoxy) is 2. The maximum Gasteiger partial charge on any atom is 0.253 e. The first-order chi connectivity index (χ1) is 17.5. The number of carbonyl (C=O) groups excluding carboxylic acids is 1. The average molecular weight is 491 g/mol. The van der Waals surface area contributed by atoms with Gasteiger partial charge in [0, 0.05) is 31.7 Å². The molecule has 4 heterocycles. The number of hydrogen-bond donors (Lipinski definition) is 0. The highest BCUT2D eigenvalue weighted by atomic mass is 16.5. The Bertz CT molecular complexity index is 1260. The minimum absolute atomic E-state index is 0.0966. The van der Waals surface area contributed by atoms with Crippen molar-refractivity contribution in [3.63, 3.8) is 0 Å². The summed E-state index contributed by atoms with van der Waals surface area (Å²) in [7, 11) is 0. The molecule has 9 heteroatoms. The predicted octanol–water partition coefficient (Wildman–Crippen LogP) is 2.85. The minimum atomic E-state index is -0.300. The zero-order valence-corrected chi connectivity index (χ0v) is 21.3. The molecule has 2 aromatic heterocycles. The zero-order valence-electron chi connectivity index (χ0n) is 21.3. The van der Waals surface area contributed by atoms with E-state index in [0.717, 1.165) is 75.8 Å². The van der Waals surface area contributed by atoms with Crippen molar-refractivity contribution in [2.75, 3.05) is 44.3 Å². The van der Waals surface area contributed by atoms with Crippen LogP contribution in [0.2, 0.25) is 0 Å². The molecule has 0 N–H and O–H groups in total. The highest BCUT2D eigenvalue weighted by Crippen LogP contribution is 2.47. The maximum absolute atomic E-state index is 12.0. The predicted molar refractivity (Wildman–Crippen MR) is 136 cm³/mol. The second kappa shape index (κ2) is 9.12. The lowest BCUT2D eigenvalue weighted by atomic mass is 9.65. The van der Waals surface area contributed by atoms with Crippen LogP contribution < -0.4 is 9.64 Å². The molecule has 3 fully saturated rings. The lowest BCUT2D eigenvalue weighted by Crippen LogP contribution is -2.60. The number of carbonyl (C=O) groups is 1. The molecule has 0 spiro atoms. The van der Waals surface area contributed by atoms with E-state index in [0.29, 0.717) is 17.5 Å². The molecule has 2 saturated heterocycles. The van der Waals surface area contributed by atoms with E-state index in [9.17, 15) is 4.79 Å². The Morgan fingerprint density at radius 1 is 1.06 bits per heavy atom. The highest BCUT2D eigenvalue weighted by molar-refractivity contribution is 5.67. The van der Waals surface area contributed by atoms with E-state index in [4.69, 9.17) is 9.47 Å². The summed E-state index contributed by atoms with van der Waals surface area (Å²) in [4.78, 5) is 25.6. The van der Waals surface area contributed by atoms with Gasteiger partial charge in [0.2, 0.25) is 0 Å². The van der Waals surface area contributed by atoms with Crippen molar-refractivity contribution in [2.45, 2.75) is 57.6 Å². The third kappa shape index (κ3) is 4.04. The molecule has 0 radical (unpaired) electrons. The topological polar surface area (TPSA) is 85.1 Å². The number of rotatable bonds is 6. The first-order valence-electron chi connectivity index (χ1n) is 13.0. The third-order valence-electron chi connectivity index (χ3n) is 8.16. The van der Waals surface area contributed by atoms with Crippen LogP contribution in [0.3, 0.4) is 0 Å². The van der Waals surface area contributed by atoms with Crippen molar-refractivity contribution in [1.82, 2.24) is 24.5 Å². The van der Waals surface area contributed by atoms with Gasteiger partial charge in [0.15, 0.2) is 5.75 Å². The standard InChI is InChI=1S/C27H34N6O3/c1-18-25(19(2)33-26(28-18)29-20(3)30-33)36-24-8-9-31(16-24)23-6-4-21(5-7-23)22-14-27(15-22,17-34)32-10-12-35-13-11-32/h4-7,17,22,24H,8-16H2,1-3H3/t22?,24-,27?/m1/s1. The molecule has 0 amide bonds. The summed E-state index contributed by atoms with van der Waals surface area (Å²) in [6.45, 7) is 10.8. The summed E-state index contributed by atoms with van der Waals surface area (Å²) in [6.07, 6.45) is 4.03.